The first kappa shape index (κ1) is 13.0. The van der Waals surface area contributed by atoms with Crippen molar-refractivity contribution in [2.24, 2.45) is 0 Å². The largest absolute Gasteiger partial charge is 0.322 e. The highest BCUT2D eigenvalue weighted by Gasteiger charge is 2.04. The van der Waals surface area contributed by atoms with Crippen LogP contribution in [0.4, 0.5) is 5.69 Å². The number of nitrogens with one attached hydrogen (secondary N) is 1. The van der Waals surface area contributed by atoms with Crippen LogP contribution >= 0.6 is 0 Å². The van der Waals surface area contributed by atoms with Crippen LogP contribution < -0.4 is 5.32 Å². The average molecular weight is 253 g/mol. The number of ketones is 1. The van der Waals surface area contributed by atoms with Crippen molar-refractivity contribution in [1.29, 1.82) is 0 Å². The quantitative estimate of drug-likeness (QED) is 0.853. The van der Waals surface area contributed by atoms with Gasteiger partial charge in [0.15, 0.2) is 5.78 Å². The smallest absolute Gasteiger partial charge is 0.248 e. The zero-order chi connectivity index (χ0) is 13.8. The molecule has 0 heterocycles. The monoisotopic (exact) mass is 253 g/mol. The lowest BCUT2D eigenvalue weighted by molar-refractivity contribution is -0.114. The summed E-state index contributed by atoms with van der Waals surface area (Å²) in [5.74, 6) is -0.451. The van der Waals surface area contributed by atoms with E-state index >= 15 is 0 Å². The van der Waals surface area contributed by atoms with Crippen molar-refractivity contribution in [2.75, 3.05) is 5.32 Å². The molecule has 0 atom stereocenters. The lowest BCUT2D eigenvalue weighted by atomic mass is 10.0. The predicted molar refractivity (Wildman–Crippen MR) is 77.1 cm³/mol. The van der Waals surface area contributed by atoms with Gasteiger partial charge in [0, 0.05) is 17.1 Å². The van der Waals surface area contributed by atoms with Gasteiger partial charge in [-0.15, -0.1) is 0 Å². The Labute approximate surface area is 111 Å². The molecule has 1 N–H and O–H groups in total. The highest BCUT2D eigenvalue weighted by Crippen LogP contribution is 2.25. The summed E-state index contributed by atoms with van der Waals surface area (Å²) in [5.41, 5.74) is 1.91. The first-order valence-corrected chi connectivity index (χ1v) is 6.06. The van der Waals surface area contributed by atoms with E-state index in [-0.39, 0.29) is 11.7 Å². The number of hydrogen-bond acceptors (Lipinski definition) is 2. The van der Waals surface area contributed by atoms with Crippen molar-refractivity contribution >= 4 is 28.2 Å². The fraction of sp³-hybridized carbons (Fsp3) is 0.125. The molecule has 2 rings (SSSR count). The van der Waals surface area contributed by atoms with E-state index in [1.165, 1.54) is 19.1 Å². The lowest BCUT2D eigenvalue weighted by Crippen LogP contribution is -2.08. The van der Waals surface area contributed by atoms with E-state index in [2.05, 4.69) is 5.32 Å². The number of aryl methyl sites for hydroxylation is 1. The number of hydrogen-bond donors (Lipinski definition) is 1. The zero-order valence-corrected chi connectivity index (χ0v) is 10.9. The van der Waals surface area contributed by atoms with Crippen LogP contribution in [0.5, 0.6) is 0 Å². The first-order chi connectivity index (χ1) is 9.08. The van der Waals surface area contributed by atoms with Gasteiger partial charge in [-0.1, -0.05) is 30.3 Å². The summed E-state index contributed by atoms with van der Waals surface area (Å²) in [6.07, 6.45) is 2.50. The van der Waals surface area contributed by atoms with Gasteiger partial charge < -0.3 is 5.32 Å². The van der Waals surface area contributed by atoms with Crippen LogP contribution in [0.2, 0.25) is 0 Å². The van der Waals surface area contributed by atoms with E-state index < -0.39 is 0 Å². The van der Waals surface area contributed by atoms with E-state index in [1.54, 1.807) is 0 Å². The van der Waals surface area contributed by atoms with Crippen LogP contribution in [0.25, 0.3) is 10.8 Å². The third kappa shape index (κ3) is 3.07. The zero-order valence-electron chi connectivity index (χ0n) is 10.9. The summed E-state index contributed by atoms with van der Waals surface area (Å²) < 4.78 is 0. The molecule has 0 bridgehead atoms. The molecule has 2 aromatic rings. The third-order valence-corrected chi connectivity index (χ3v) is 2.87. The van der Waals surface area contributed by atoms with Crippen LogP contribution in [-0.4, -0.2) is 11.7 Å². The summed E-state index contributed by atoms with van der Waals surface area (Å²) in [6.45, 7) is 3.44. The van der Waals surface area contributed by atoms with Crippen molar-refractivity contribution in [3.8, 4) is 0 Å². The highest BCUT2D eigenvalue weighted by molar-refractivity contribution is 6.08. The topological polar surface area (TPSA) is 46.2 Å². The number of anilines is 1. The maximum Gasteiger partial charge on any atom is 0.248 e. The second-order valence-corrected chi connectivity index (χ2v) is 4.41. The summed E-state index contributed by atoms with van der Waals surface area (Å²) in [7, 11) is 0. The minimum Gasteiger partial charge on any atom is -0.322 e. The van der Waals surface area contributed by atoms with E-state index in [1.807, 2.05) is 43.3 Å². The van der Waals surface area contributed by atoms with Crippen molar-refractivity contribution < 1.29 is 9.59 Å². The van der Waals surface area contributed by atoms with Crippen LogP contribution in [0.15, 0.2) is 48.6 Å². The van der Waals surface area contributed by atoms with Gasteiger partial charge in [0.05, 0.1) is 0 Å². The lowest BCUT2D eigenvalue weighted by Gasteiger charge is -2.08. The van der Waals surface area contributed by atoms with Crippen LogP contribution in [0.1, 0.15) is 12.5 Å². The molecule has 2 aromatic carbocycles. The Bertz CT molecular complexity index is 672. The van der Waals surface area contributed by atoms with E-state index in [0.717, 1.165) is 22.0 Å². The molecular formula is C16H15NO2. The van der Waals surface area contributed by atoms with Crippen LogP contribution in [0, 0.1) is 6.92 Å². The number of rotatable bonds is 3. The minimum absolute atomic E-state index is 0.149. The van der Waals surface area contributed by atoms with Crippen molar-refractivity contribution in [2.45, 2.75) is 13.8 Å². The Morgan fingerprint density at radius 2 is 1.68 bits per heavy atom. The number of amides is 1. The second-order valence-electron chi connectivity index (χ2n) is 4.41. The summed E-state index contributed by atoms with van der Waals surface area (Å²) in [5, 5.41) is 4.89. The van der Waals surface area contributed by atoms with Gasteiger partial charge in [-0.3, -0.25) is 9.59 Å². The van der Waals surface area contributed by atoms with Crippen molar-refractivity contribution in [3.63, 3.8) is 0 Å². The molecule has 0 aliphatic heterocycles. The molecule has 0 aliphatic rings. The Balaban J connectivity index is 2.34. The summed E-state index contributed by atoms with van der Waals surface area (Å²) >= 11 is 0. The molecule has 0 aliphatic carbocycles. The van der Waals surface area contributed by atoms with Gasteiger partial charge in [0.1, 0.15) is 0 Å². The first-order valence-electron chi connectivity index (χ1n) is 6.06. The molecule has 3 nitrogen and oxygen atoms in total. The van der Waals surface area contributed by atoms with Gasteiger partial charge in [0.2, 0.25) is 5.91 Å². The maximum atomic E-state index is 11.7. The molecule has 3 heteroatoms. The molecular weight excluding hydrogens is 238 g/mol. The molecule has 0 unspecified atom stereocenters. The summed E-state index contributed by atoms with van der Waals surface area (Å²) in [6, 6.07) is 11.7. The normalized spacial score (nSPS) is 10.8. The minimum atomic E-state index is -0.302. The maximum absolute atomic E-state index is 11.7. The summed E-state index contributed by atoms with van der Waals surface area (Å²) in [4.78, 5) is 22.5. The van der Waals surface area contributed by atoms with E-state index in [0.29, 0.717) is 0 Å². The van der Waals surface area contributed by atoms with Gasteiger partial charge in [-0.05, 0) is 36.9 Å². The molecule has 0 fully saturated rings. The van der Waals surface area contributed by atoms with Gasteiger partial charge in [-0.25, -0.2) is 0 Å². The second kappa shape index (κ2) is 5.48. The van der Waals surface area contributed by atoms with Crippen molar-refractivity contribution in [1.82, 2.24) is 0 Å². The Morgan fingerprint density at radius 1 is 1.00 bits per heavy atom. The molecule has 0 saturated heterocycles. The molecule has 0 spiro atoms. The van der Waals surface area contributed by atoms with Crippen LogP contribution in [0.3, 0.4) is 0 Å². The standard InChI is InChI=1S/C16H15NO2/c1-11-5-3-7-14-13(11)6-4-8-15(14)17-16(19)10-9-12(2)18/h3-10H,1-2H3,(H,17,19)/b10-9+. The average Bonchev–Trinajstić information content (AvgIpc) is 2.38. The Kier molecular flexibility index (Phi) is 3.76. The highest BCUT2D eigenvalue weighted by atomic mass is 16.1. The van der Waals surface area contributed by atoms with Gasteiger partial charge >= 0.3 is 0 Å². The SMILES string of the molecule is CC(=O)/C=C/C(=O)Nc1cccc2c(C)cccc12. The molecule has 0 aromatic heterocycles. The number of fused-ring (bicyclic) bond motifs is 1. The fourth-order valence-corrected chi connectivity index (χ4v) is 1.94. The van der Waals surface area contributed by atoms with Gasteiger partial charge in [-0.2, -0.15) is 0 Å². The number of benzene rings is 2. The molecule has 19 heavy (non-hydrogen) atoms. The van der Waals surface area contributed by atoms with E-state index in [9.17, 15) is 9.59 Å². The fourth-order valence-electron chi connectivity index (χ4n) is 1.94. The number of carbonyl (C=O) groups is 2. The Morgan fingerprint density at radius 3 is 2.42 bits per heavy atom. The third-order valence-electron chi connectivity index (χ3n) is 2.87. The number of carbonyl (C=O) groups excluding carboxylic acids is 2. The van der Waals surface area contributed by atoms with Gasteiger partial charge in [0.25, 0.3) is 0 Å². The van der Waals surface area contributed by atoms with Crippen LogP contribution in [-0.2, 0) is 9.59 Å². The van der Waals surface area contributed by atoms with Crippen molar-refractivity contribution in [3.05, 3.63) is 54.1 Å². The predicted octanol–water partition coefficient (Wildman–Crippen LogP) is 3.23. The number of allylic oxidation sites excluding steroid dienone is 1. The van der Waals surface area contributed by atoms with E-state index in [4.69, 9.17) is 0 Å². The Hall–Kier alpha value is -2.42. The molecule has 96 valence electrons. The molecule has 0 saturated carbocycles. The molecule has 1 amide bonds. The molecule has 0 radical (unpaired) electrons.